The third kappa shape index (κ3) is 5.44. The predicted molar refractivity (Wildman–Crippen MR) is 90.8 cm³/mol. The molecule has 0 aliphatic heterocycles. The van der Waals surface area contributed by atoms with Crippen molar-refractivity contribution in [3.05, 3.63) is 40.5 Å². The molecule has 2 N–H and O–H groups in total. The summed E-state index contributed by atoms with van der Waals surface area (Å²) in [7, 11) is 0. The molecule has 0 fully saturated rings. The second-order valence-corrected chi connectivity index (χ2v) is 5.21. The summed E-state index contributed by atoms with van der Waals surface area (Å²) in [6.45, 7) is 3.67. The topological polar surface area (TPSA) is 127 Å². The smallest absolute Gasteiger partial charge is 0.345 e. The SMILES string of the molecule is CCCOC(=O)C(=Cc1cccc(C(=O)O)c1C(=O)O)C(=O)OCCC. The summed E-state index contributed by atoms with van der Waals surface area (Å²) in [6, 6.07) is 3.72. The Balaban J connectivity index is 3.45. The van der Waals surface area contributed by atoms with Crippen molar-refractivity contribution in [2.75, 3.05) is 13.2 Å². The van der Waals surface area contributed by atoms with Crippen molar-refractivity contribution in [1.82, 2.24) is 0 Å². The van der Waals surface area contributed by atoms with Gasteiger partial charge in [0.25, 0.3) is 0 Å². The van der Waals surface area contributed by atoms with Gasteiger partial charge in [-0.1, -0.05) is 26.0 Å². The summed E-state index contributed by atoms with van der Waals surface area (Å²) < 4.78 is 9.87. The monoisotopic (exact) mass is 364 g/mol. The van der Waals surface area contributed by atoms with Gasteiger partial charge >= 0.3 is 23.9 Å². The van der Waals surface area contributed by atoms with Gasteiger partial charge in [0.05, 0.1) is 24.3 Å². The highest BCUT2D eigenvalue weighted by Gasteiger charge is 2.25. The molecule has 0 saturated heterocycles. The van der Waals surface area contributed by atoms with Crippen LogP contribution in [-0.2, 0) is 19.1 Å². The second kappa shape index (κ2) is 9.97. The van der Waals surface area contributed by atoms with Crippen molar-refractivity contribution in [2.45, 2.75) is 26.7 Å². The molecule has 1 aromatic rings. The van der Waals surface area contributed by atoms with Crippen LogP contribution in [0.2, 0.25) is 0 Å². The van der Waals surface area contributed by atoms with E-state index < -0.39 is 40.6 Å². The van der Waals surface area contributed by atoms with Crippen molar-refractivity contribution in [3.63, 3.8) is 0 Å². The molecule has 0 amide bonds. The van der Waals surface area contributed by atoms with E-state index in [0.29, 0.717) is 12.8 Å². The van der Waals surface area contributed by atoms with Crippen LogP contribution >= 0.6 is 0 Å². The van der Waals surface area contributed by atoms with Gasteiger partial charge in [0.2, 0.25) is 0 Å². The van der Waals surface area contributed by atoms with Gasteiger partial charge < -0.3 is 19.7 Å². The standard InChI is InChI=1S/C18H20O8/c1-3-8-25-17(23)13(18(24)26-9-4-2)10-11-6-5-7-12(15(19)20)14(11)16(21)22/h5-7,10H,3-4,8-9H2,1-2H3,(H,19,20)(H,21,22). The van der Waals surface area contributed by atoms with E-state index in [4.69, 9.17) is 14.6 Å². The van der Waals surface area contributed by atoms with Crippen LogP contribution in [0.4, 0.5) is 0 Å². The lowest BCUT2D eigenvalue weighted by atomic mass is 9.99. The van der Waals surface area contributed by atoms with Gasteiger partial charge in [-0.2, -0.15) is 0 Å². The number of carboxylic acid groups (broad SMARTS) is 2. The van der Waals surface area contributed by atoms with Crippen molar-refractivity contribution in [1.29, 1.82) is 0 Å². The van der Waals surface area contributed by atoms with E-state index in [9.17, 15) is 24.3 Å². The van der Waals surface area contributed by atoms with E-state index in [-0.39, 0.29) is 18.8 Å². The molecule has 0 unspecified atom stereocenters. The van der Waals surface area contributed by atoms with Gasteiger partial charge in [-0.05, 0) is 30.5 Å². The zero-order valence-corrected chi connectivity index (χ0v) is 14.5. The Morgan fingerprint density at radius 1 is 0.923 bits per heavy atom. The lowest BCUT2D eigenvalue weighted by Crippen LogP contribution is -2.19. The zero-order chi connectivity index (χ0) is 19.7. The Hall–Kier alpha value is -3.16. The number of carboxylic acids is 2. The fourth-order valence-electron chi connectivity index (χ4n) is 2.01. The zero-order valence-electron chi connectivity index (χ0n) is 14.5. The lowest BCUT2D eigenvalue weighted by molar-refractivity contribution is -0.147. The Bertz CT molecular complexity index is 711. The first-order chi connectivity index (χ1) is 12.3. The average molecular weight is 364 g/mol. The lowest BCUT2D eigenvalue weighted by Gasteiger charge is -2.10. The van der Waals surface area contributed by atoms with Gasteiger partial charge in [0.1, 0.15) is 5.57 Å². The minimum Gasteiger partial charge on any atom is -0.478 e. The Labute approximate surface area is 150 Å². The quantitative estimate of drug-likeness (QED) is 0.296. The highest BCUT2D eigenvalue weighted by Crippen LogP contribution is 2.20. The maximum absolute atomic E-state index is 12.2. The molecule has 0 spiro atoms. The van der Waals surface area contributed by atoms with Crippen LogP contribution in [0.25, 0.3) is 6.08 Å². The molecule has 0 aromatic heterocycles. The third-order valence-electron chi connectivity index (χ3n) is 3.16. The molecule has 0 radical (unpaired) electrons. The molecule has 0 saturated carbocycles. The molecule has 8 heteroatoms. The number of carbonyl (C=O) groups excluding carboxylic acids is 2. The van der Waals surface area contributed by atoms with E-state index in [1.807, 2.05) is 0 Å². The number of rotatable bonds is 9. The number of aromatic carboxylic acids is 2. The predicted octanol–water partition coefficient (Wildman–Crippen LogP) is 2.37. The van der Waals surface area contributed by atoms with Crippen LogP contribution in [0.5, 0.6) is 0 Å². The van der Waals surface area contributed by atoms with E-state index in [1.165, 1.54) is 12.1 Å². The number of carbonyl (C=O) groups is 4. The van der Waals surface area contributed by atoms with Crippen LogP contribution < -0.4 is 0 Å². The first kappa shape index (κ1) is 20.9. The molecule has 0 heterocycles. The van der Waals surface area contributed by atoms with Crippen molar-refractivity contribution < 1.29 is 38.9 Å². The molecule has 1 rings (SSSR count). The number of benzene rings is 1. The van der Waals surface area contributed by atoms with Crippen LogP contribution in [0.15, 0.2) is 23.8 Å². The molecule has 8 nitrogen and oxygen atoms in total. The van der Waals surface area contributed by atoms with Crippen molar-refractivity contribution in [2.24, 2.45) is 0 Å². The highest BCUT2D eigenvalue weighted by molar-refractivity contribution is 6.18. The minimum absolute atomic E-state index is 0.0676. The molecule has 26 heavy (non-hydrogen) atoms. The van der Waals surface area contributed by atoms with Crippen LogP contribution in [0, 0.1) is 0 Å². The summed E-state index contributed by atoms with van der Waals surface area (Å²) >= 11 is 0. The number of hydrogen-bond donors (Lipinski definition) is 2. The normalized spacial score (nSPS) is 9.92. The van der Waals surface area contributed by atoms with Gasteiger partial charge in [-0.3, -0.25) is 0 Å². The summed E-state index contributed by atoms with van der Waals surface area (Å²) in [6.07, 6.45) is 2.03. The van der Waals surface area contributed by atoms with Crippen molar-refractivity contribution in [3.8, 4) is 0 Å². The maximum atomic E-state index is 12.2. The maximum Gasteiger partial charge on any atom is 0.345 e. The van der Waals surface area contributed by atoms with Crippen LogP contribution in [0.3, 0.4) is 0 Å². The second-order valence-electron chi connectivity index (χ2n) is 5.21. The summed E-state index contributed by atoms with van der Waals surface area (Å²) in [5.74, 6) is -4.88. The molecular weight excluding hydrogens is 344 g/mol. The first-order valence-corrected chi connectivity index (χ1v) is 7.98. The summed E-state index contributed by atoms with van der Waals surface area (Å²) in [5.41, 5.74) is -1.62. The van der Waals surface area contributed by atoms with E-state index in [1.54, 1.807) is 13.8 Å². The first-order valence-electron chi connectivity index (χ1n) is 7.98. The Kier molecular flexibility index (Phi) is 8.01. The summed E-state index contributed by atoms with van der Waals surface area (Å²) in [5, 5.41) is 18.5. The highest BCUT2D eigenvalue weighted by atomic mass is 16.6. The molecule has 140 valence electrons. The van der Waals surface area contributed by atoms with Gasteiger partial charge in [-0.15, -0.1) is 0 Å². The Morgan fingerprint density at radius 3 is 1.88 bits per heavy atom. The largest absolute Gasteiger partial charge is 0.478 e. The number of ether oxygens (including phenoxy) is 2. The van der Waals surface area contributed by atoms with E-state index >= 15 is 0 Å². The summed E-state index contributed by atoms with van der Waals surface area (Å²) in [4.78, 5) is 47.0. The van der Waals surface area contributed by atoms with Crippen LogP contribution in [0.1, 0.15) is 53.0 Å². The van der Waals surface area contributed by atoms with E-state index in [0.717, 1.165) is 12.1 Å². The average Bonchev–Trinajstić information content (AvgIpc) is 2.61. The molecule has 0 aliphatic carbocycles. The van der Waals surface area contributed by atoms with Gasteiger partial charge in [-0.25, -0.2) is 19.2 Å². The minimum atomic E-state index is -1.50. The molecule has 0 bridgehead atoms. The third-order valence-corrected chi connectivity index (χ3v) is 3.16. The molecule has 0 atom stereocenters. The van der Waals surface area contributed by atoms with Crippen LogP contribution in [-0.4, -0.2) is 47.3 Å². The molecule has 0 aliphatic rings. The number of esters is 2. The number of hydrogen-bond acceptors (Lipinski definition) is 6. The van der Waals surface area contributed by atoms with E-state index in [2.05, 4.69) is 0 Å². The molecule has 1 aromatic carbocycles. The Morgan fingerprint density at radius 2 is 1.46 bits per heavy atom. The van der Waals surface area contributed by atoms with Crippen molar-refractivity contribution >= 4 is 30.0 Å². The van der Waals surface area contributed by atoms with Gasteiger partial charge in [0.15, 0.2) is 0 Å². The molecular formula is C18H20O8. The fraction of sp³-hybridized carbons (Fsp3) is 0.333. The fourth-order valence-corrected chi connectivity index (χ4v) is 2.01. The van der Waals surface area contributed by atoms with Gasteiger partial charge in [0, 0.05) is 0 Å².